The van der Waals surface area contributed by atoms with Gasteiger partial charge in [-0.25, -0.2) is 8.78 Å². The fraction of sp³-hybridized carbons (Fsp3) is 0.700. The van der Waals surface area contributed by atoms with E-state index in [1.165, 1.54) is 9.58 Å². The molecule has 0 saturated carbocycles. The molecule has 98 valence electrons. The molecule has 1 heterocycles. The molecule has 0 unspecified atom stereocenters. The Bertz CT molecular complexity index is 369. The van der Waals surface area contributed by atoms with E-state index in [1.54, 1.807) is 14.0 Å². The Morgan fingerprint density at radius 3 is 2.53 bits per heavy atom. The fourth-order valence-corrected chi connectivity index (χ4v) is 1.84. The van der Waals surface area contributed by atoms with Crippen molar-refractivity contribution in [3.05, 3.63) is 11.3 Å². The number of aromatic nitrogens is 2. The summed E-state index contributed by atoms with van der Waals surface area (Å²) in [6.07, 6.45) is -2.51. The summed E-state index contributed by atoms with van der Waals surface area (Å²) in [6.45, 7) is 0.791. The van der Waals surface area contributed by atoms with E-state index < -0.39 is 13.0 Å². The summed E-state index contributed by atoms with van der Waals surface area (Å²) in [5, 5.41) is 22.2. The Kier molecular flexibility index (Phi) is 4.83. The van der Waals surface area contributed by atoms with Crippen LogP contribution in [-0.4, -0.2) is 46.1 Å². The van der Waals surface area contributed by atoms with Crippen molar-refractivity contribution >= 4 is 5.82 Å². The number of alkyl halides is 2. The first kappa shape index (κ1) is 13.9. The van der Waals surface area contributed by atoms with Crippen LogP contribution in [0, 0.1) is 6.92 Å². The molecule has 1 aromatic heterocycles. The average molecular weight is 249 g/mol. The highest BCUT2D eigenvalue weighted by Gasteiger charge is 2.21. The lowest BCUT2D eigenvalue weighted by Crippen LogP contribution is -2.33. The van der Waals surface area contributed by atoms with Gasteiger partial charge in [0.15, 0.2) is 0 Å². The standard InChI is InChI=1S/C10H17F2N3O2/c1-7-8(6-17)10(14(2)13-7)15(3-4-16)5-9(11)12/h9,16-17H,3-6H2,1-2H3. The molecule has 17 heavy (non-hydrogen) atoms. The Hall–Kier alpha value is -1.21. The summed E-state index contributed by atoms with van der Waals surface area (Å²) in [7, 11) is 1.62. The van der Waals surface area contributed by atoms with Crippen LogP contribution in [0.3, 0.4) is 0 Å². The average Bonchev–Trinajstić information content (AvgIpc) is 2.51. The second kappa shape index (κ2) is 5.92. The van der Waals surface area contributed by atoms with Crippen LogP contribution in [0.25, 0.3) is 0 Å². The third kappa shape index (κ3) is 3.13. The van der Waals surface area contributed by atoms with Crippen LogP contribution < -0.4 is 4.90 Å². The predicted octanol–water partition coefficient (Wildman–Crippen LogP) is 0.285. The third-order valence-electron chi connectivity index (χ3n) is 2.50. The van der Waals surface area contributed by atoms with E-state index >= 15 is 0 Å². The van der Waals surface area contributed by atoms with E-state index in [0.717, 1.165) is 0 Å². The highest BCUT2D eigenvalue weighted by Crippen LogP contribution is 2.23. The summed E-state index contributed by atoms with van der Waals surface area (Å²) >= 11 is 0. The van der Waals surface area contributed by atoms with Crippen LogP contribution >= 0.6 is 0 Å². The van der Waals surface area contributed by atoms with Crippen molar-refractivity contribution in [2.75, 3.05) is 24.6 Å². The van der Waals surface area contributed by atoms with Crippen molar-refractivity contribution in [1.82, 2.24) is 9.78 Å². The van der Waals surface area contributed by atoms with E-state index in [1.807, 2.05) is 0 Å². The van der Waals surface area contributed by atoms with Gasteiger partial charge in [-0.2, -0.15) is 5.10 Å². The van der Waals surface area contributed by atoms with E-state index in [4.69, 9.17) is 5.11 Å². The van der Waals surface area contributed by atoms with Crippen molar-refractivity contribution in [3.63, 3.8) is 0 Å². The van der Waals surface area contributed by atoms with Crippen molar-refractivity contribution < 1.29 is 19.0 Å². The number of nitrogens with zero attached hydrogens (tertiary/aromatic N) is 3. The number of aliphatic hydroxyl groups is 2. The largest absolute Gasteiger partial charge is 0.395 e. The summed E-state index contributed by atoms with van der Waals surface area (Å²) in [6, 6.07) is 0. The molecule has 0 aliphatic carbocycles. The van der Waals surface area contributed by atoms with E-state index in [2.05, 4.69) is 5.10 Å². The topological polar surface area (TPSA) is 61.5 Å². The number of halogens is 2. The van der Waals surface area contributed by atoms with Gasteiger partial charge in [0, 0.05) is 19.2 Å². The molecule has 7 heteroatoms. The van der Waals surface area contributed by atoms with Crippen LogP contribution in [0.4, 0.5) is 14.6 Å². The van der Waals surface area contributed by atoms with Gasteiger partial charge in [0.05, 0.1) is 25.5 Å². The fourth-order valence-electron chi connectivity index (χ4n) is 1.84. The number of anilines is 1. The van der Waals surface area contributed by atoms with Crippen LogP contribution in [-0.2, 0) is 13.7 Å². The van der Waals surface area contributed by atoms with Crippen molar-refractivity contribution in [3.8, 4) is 0 Å². The highest BCUT2D eigenvalue weighted by molar-refractivity contribution is 5.50. The Morgan fingerprint density at radius 1 is 1.41 bits per heavy atom. The minimum absolute atomic E-state index is 0.0797. The first-order valence-electron chi connectivity index (χ1n) is 5.28. The normalized spacial score (nSPS) is 11.2. The molecule has 0 saturated heterocycles. The lowest BCUT2D eigenvalue weighted by atomic mass is 10.2. The molecule has 0 radical (unpaired) electrons. The van der Waals surface area contributed by atoms with Gasteiger partial charge >= 0.3 is 0 Å². The van der Waals surface area contributed by atoms with Gasteiger partial charge in [0.2, 0.25) is 0 Å². The summed E-state index contributed by atoms with van der Waals surface area (Å²) in [5.74, 6) is 0.430. The molecule has 2 N–H and O–H groups in total. The Balaban J connectivity index is 3.07. The molecule has 0 aromatic carbocycles. The maximum absolute atomic E-state index is 12.5. The Labute approximate surface area is 98.3 Å². The van der Waals surface area contributed by atoms with Crippen LogP contribution in [0.15, 0.2) is 0 Å². The monoisotopic (exact) mass is 249 g/mol. The van der Waals surface area contributed by atoms with Gasteiger partial charge in [0.25, 0.3) is 6.43 Å². The molecule has 0 spiro atoms. The van der Waals surface area contributed by atoms with E-state index in [9.17, 15) is 13.9 Å². The molecule has 0 atom stereocenters. The molecular formula is C10H17F2N3O2. The molecule has 0 fully saturated rings. The lowest BCUT2D eigenvalue weighted by Gasteiger charge is -2.24. The number of aryl methyl sites for hydroxylation is 2. The number of rotatable bonds is 6. The molecule has 0 aliphatic rings. The van der Waals surface area contributed by atoms with Crippen molar-refractivity contribution in [2.45, 2.75) is 20.0 Å². The van der Waals surface area contributed by atoms with Crippen LogP contribution in [0.1, 0.15) is 11.3 Å². The summed E-state index contributed by atoms with van der Waals surface area (Å²) in [4.78, 5) is 1.33. The zero-order valence-corrected chi connectivity index (χ0v) is 9.90. The maximum atomic E-state index is 12.5. The zero-order valence-electron chi connectivity index (χ0n) is 9.90. The smallest absolute Gasteiger partial charge is 0.255 e. The summed E-state index contributed by atoms with van der Waals surface area (Å²) < 4.78 is 26.3. The molecule has 5 nitrogen and oxygen atoms in total. The van der Waals surface area contributed by atoms with Gasteiger partial charge in [-0.1, -0.05) is 0 Å². The molecule has 0 aliphatic heterocycles. The predicted molar refractivity (Wildman–Crippen MR) is 59.2 cm³/mol. The van der Waals surface area contributed by atoms with Gasteiger partial charge < -0.3 is 15.1 Å². The van der Waals surface area contributed by atoms with Gasteiger partial charge in [0.1, 0.15) is 5.82 Å². The molecule has 1 rings (SSSR count). The highest BCUT2D eigenvalue weighted by atomic mass is 19.3. The number of hydrogen-bond acceptors (Lipinski definition) is 4. The first-order chi connectivity index (χ1) is 8.01. The van der Waals surface area contributed by atoms with E-state index in [0.29, 0.717) is 17.1 Å². The van der Waals surface area contributed by atoms with Crippen molar-refractivity contribution in [1.29, 1.82) is 0 Å². The number of hydrogen-bond donors (Lipinski definition) is 2. The Morgan fingerprint density at radius 2 is 2.06 bits per heavy atom. The number of aliphatic hydroxyl groups excluding tert-OH is 2. The van der Waals surface area contributed by atoms with Crippen LogP contribution in [0.5, 0.6) is 0 Å². The quantitative estimate of drug-likeness (QED) is 0.760. The van der Waals surface area contributed by atoms with E-state index in [-0.39, 0.29) is 19.8 Å². The van der Waals surface area contributed by atoms with Gasteiger partial charge in [-0.15, -0.1) is 0 Å². The SMILES string of the molecule is Cc1nn(C)c(N(CCO)CC(F)F)c1CO. The second-order valence-corrected chi connectivity index (χ2v) is 3.73. The van der Waals surface area contributed by atoms with Gasteiger partial charge in [-0.3, -0.25) is 4.68 Å². The zero-order chi connectivity index (χ0) is 13.0. The molecule has 0 amide bonds. The van der Waals surface area contributed by atoms with Crippen molar-refractivity contribution in [2.24, 2.45) is 7.05 Å². The summed E-state index contributed by atoms with van der Waals surface area (Å²) in [5.41, 5.74) is 1.11. The lowest BCUT2D eigenvalue weighted by molar-refractivity contribution is 0.152. The second-order valence-electron chi connectivity index (χ2n) is 3.73. The van der Waals surface area contributed by atoms with Gasteiger partial charge in [-0.05, 0) is 6.92 Å². The minimum Gasteiger partial charge on any atom is -0.395 e. The van der Waals surface area contributed by atoms with Crippen LogP contribution in [0.2, 0.25) is 0 Å². The molecule has 1 aromatic rings. The molecule has 0 bridgehead atoms. The minimum atomic E-state index is -2.51. The first-order valence-corrected chi connectivity index (χ1v) is 5.28. The maximum Gasteiger partial charge on any atom is 0.255 e. The molecular weight excluding hydrogens is 232 g/mol. The third-order valence-corrected chi connectivity index (χ3v) is 2.50.